The number of rotatable bonds is 9. The number of hydrogen-bond acceptors (Lipinski definition) is 5. The summed E-state index contributed by atoms with van der Waals surface area (Å²) in [4.78, 5) is 28.0. The second kappa shape index (κ2) is 11.1. The zero-order valence-corrected chi connectivity index (χ0v) is 20.1. The van der Waals surface area contributed by atoms with Gasteiger partial charge in [0.2, 0.25) is 17.6 Å². The molecule has 7 nitrogen and oxygen atoms in total. The third kappa shape index (κ3) is 5.78. The fourth-order valence-corrected chi connectivity index (χ4v) is 4.24. The van der Waals surface area contributed by atoms with Crippen LogP contribution in [0.4, 0.5) is 0 Å². The zero-order chi connectivity index (χ0) is 24.0. The summed E-state index contributed by atoms with van der Waals surface area (Å²) in [7, 11) is 4.69. The van der Waals surface area contributed by atoms with Gasteiger partial charge in [-0.1, -0.05) is 44.2 Å². The predicted molar refractivity (Wildman–Crippen MR) is 127 cm³/mol. The van der Waals surface area contributed by atoms with Crippen LogP contribution in [0.15, 0.2) is 42.5 Å². The molecular formula is C26H34N2O5. The molecule has 1 N–H and O–H groups in total. The number of amides is 2. The van der Waals surface area contributed by atoms with Crippen molar-refractivity contribution in [1.29, 1.82) is 0 Å². The molecule has 178 valence electrons. The van der Waals surface area contributed by atoms with E-state index in [1.807, 2.05) is 42.5 Å². The van der Waals surface area contributed by atoms with E-state index in [9.17, 15) is 9.59 Å². The zero-order valence-electron chi connectivity index (χ0n) is 20.1. The Balaban J connectivity index is 1.90. The van der Waals surface area contributed by atoms with Gasteiger partial charge in [-0.3, -0.25) is 9.59 Å². The van der Waals surface area contributed by atoms with Crippen molar-refractivity contribution in [1.82, 2.24) is 10.2 Å². The summed E-state index contributed by atoms with van der Waals surface area (Å²) >= 11 is 0. The Kier molecular flexibility index (Phi) is 8.20. The molecule has 1 saturated heterocycles. The molecule has 2 aromatic carbocycles. The minimum absolute atomic E-state index is 0.0119. The Bertz CT molecular complexity index is 935. The highest BCUT2D eigenvalue weighted by molar-refractivity contribution is 5.84. The first kappa shape index (κ1) is 24.4. The second-order valence-electron chi connectivity index (χ2n) is 8.77. The number of benzene rings is 2. The molecule has 0 saturated carbocycles. The average molecular weight is 455 g/mol. The predicted octanol–water partition coefficient (Wildman–Crippen LogP) is 3.27. The maximum Gasteiger partial charge on any atom is 0.227 e. The average Bonchev–Trinajstić information content (AvgIpc) is 3.28. The first-order valence-corrected chi connectivity index (χ1v) is 11.3. The SMILES string of the molecule is COc1cc([C@@H]2CN(C(=O)Cc3ccccc3)C[C@@H]2C(=O)NCC(C)C)cc(OC)c1OC. The molecule has 0 spiro atoms. The number of carbonyl (C=O) groups excluding carboxylic acids is 2. The molecule has 1 aliphatic rings. The molecule has 0 unspecified atom stereocenters. The van der Waals surface area contributed by atoms with Crippen molar-refractivity contribution < 1.29 is 23.8 Å². The van der Waals surface area contributed by atoms with Crippen molar-refractivity contribution in [2.45, 2.75) is 26.2 Å². The molecule has 0 aromatic heterocycles. The summed E-state index contributed by atoms with van der Waals surface area (Å²) in [6.45, 7) is 5.53. The Morgan fingerprint density at radius 1 is 1.00 bits per heavy atom. The molecule has 0 bridgehead atoms. The molecule has 33 heavy (non-hydrogen) atoms. The molecule has 1 heterocycles. The molecule has 1 fully saturated rings. The van der Waals surface area contributed by atoms with Gasteiger partial charge in [-0.15, -0.1) is 0 Å². The van der Waals surface area contributed by atoms with E-state index in [4.69, 9.17) is 14.2 Å². The number of nitrogens with one attached hydrogen (secondary N) is 1. The van der Waals surface area contributed by atoms with E-state index >= 15 is 0 Å². The van der Waals surface area contributed by atoms with E-state index in [1.165, 1.54) is 0 Å². The van der Waals surface area contributed by atoms with Crippen molar-refractivity contribution in [3.05, 3.63) is 53.6 Å². The normalized spacial score (nSPS) is 17.7. The Labute approximate surface area is 196 Å². The molecule has 1 aliphatic heterocycles. The summed E-state index contributed by atoms with van der Waals surface area (Å²) in [6.07, 6.45) is 0.309. The van der Waals surface area contributed by atoms with Crippen LogP contribution in [0, 0.1) is 11.8 Å². The van der Waals surface area contributed by atoms with E-state index in [1.54, 1.807) is 26.2 Å². The van der Waals surface area contributed by atoms with Crippen molar-refractivity contribution >= 4 is 11.8 Å². The lowest BCUT2D eigenvalue weighted by Crippen LogP contribution is -2.37. The maximum atomic E-state index is 13.2. The maximum absolute atomic E-state index is 13.2. The molecule has 2 amide bonds. The lowest BCUT2D eigenvalue weighted by atomic mass is 9.87. The summed E-state index contributed by atoms with van der Waals surface area (Å²) in [5.74, 6) is 1.31. The number of nitrogens with zero attached hydrogens (tertiary/aromatic N) is 1. The van der Waals surface area contributed by atoms with Gasteiger partial charge in [0.15, 0.2) is 11.5 Å². The molecule has 0 radical (unpaired) electrons. The topological polar surface area (TPSA) is 77.1 Å². The smallest absolute Gasteiger partial charge is 0.227 e. The van der Waals surface area contributed by atoms with E-state index in [0.29, 0.717) is 49.2 Å². The lowest BCUT2D eigenvalue weighted by Gasteiger charge is -2.21. The van der Waals surface area contributed by atoms with Gasteiger partial charge in [0.1, 0.15) is 0 Å². The number of carbonyl (C=O) groups is 2. The van der Waals surface area contributed by atoms with Crippen LogP contribution in [0.1, 0.15) is 30.9 Å². The third-order valence-electron chi connectivity index (χ3n) is 6.01. The quantitative estimate of drug-likeness (QED) is 0.629. The summed E-state index contributed by atoms with van der Waals surface area (Å²) in [6, 6.07) is 13.4. The monoisotopic (exact) mass is 454 g/mol. The summed E-state index contributed by atoms with van der Waals surface area (Å²) in [5.41, 5.74) is 1.84. The van der Waals surface area contributed by atoms with Crippen LogP contribution in [0.2, 0.25) is 0 Å². The van der Waals surface area contributed by atoms with Crippen LogP contribution < -0.4 is 19.5 Å². The van der Waals surface area contributed by atoms with Crippen molar-refractivity contribution in [3.63, 3.8) is 0 Å². The Hall–Kier alpha value is -3.22. The fourth-order valence-electron chi connectivity index (χ4n) is 4.24. The minimum Gasteiger partial charge on any atom is -0.493 e. The first-order valence-electron chi connectivity index (χ1n) is 11.3. The van der Waals surface area contributed by atoms with E-state index in [-0.39, 0.29) is 23.7 Å². The summed E-state index contributed by atoms with van der Waals surface area (Å²) in [5, 5.41) is 3.05. The standard InChI is InChI=1S/C26H34N2O5/c1-17(2)14-27-26(30)21-16-28(24(29)11-18-9-7-6-8-10-18)15-20(21)19-12-22(31-3)25(33-5)23(13-19)32-4/h6-10,12-13,17,20-21H,11,14-16H2,1-5H3,(H,27,30)/t20-,21-/m0/s1. The first-order chi connectivity index (χ1) is 15.9. The third-order valence-corrected chi connectivity index (χ3v) is 6.01. The highest BCUT2D eigenvalue weighted by atomic mass is 16.5. The van der Waals surface area contributed by atoms with Crippen molar-refractivity contribution in [2.75, 3.05) is 41.0 Å². The van der Waals surface area contributed by atoms with Gasteiger partial charge in [-0.05, 0) is 29.2 Å². The van der Waals surface area contributed by atoms with Crippen molar-refractivity contribution in [3.8, 4) is 17.2 Å². The number of hydrogen-bond donors (Lipinski definition) is 1. The van der Waals surface area contributed by atoms with Gasteiger partial charge in [0.05, 0.1) is 33.7 Å². The van der Waals surface area contributed by atoms with E-state index < -0.39 is 0 Å². The van der Waals surface area contributed by atoms with Crippen LogP contribution in [0.5, 0.6) is 17.2 Å². The van der Waals surface area contributed by atoms with Gasteiger partial charge in [0.25, 0.3) is 0 Å². The highest BCUT2D eigenvalue weighted by Crippen LogP contribution is 2.43. The van der Waals surface area contributed by atoms with Crippen LogP contribution >= 0.6 is 0 Å². The van der Waals surface area contributed by atoms with E-state index in [0.717, 1.165) is 11.1 Å². The minimum atomic E-state index is -0.369. The molecule has 7 heteroatoms. The molecule has 2 atom stereocenters. The van der Waals surface area contributed by atoms with Crippen LogP contribution in [0.25, 0.3) is 0 Å². The summed E-state index contributed by atoms with van der Waals surface area (Å²) < 4.78 is 16.5. The second-order valence-corrected chi connectivity index (χ2v) is 8.77. The number of methoxy groups -OCH3 is 3. The van der Waals surface area contributed by atoms with Crippen LogP contribution in [-0.2, 0) is 16.0 Å². The molecule has 2 aromatic rings. The van der Waals surface area contributed by atoms with Crippen LogP contribution in [0.3, 0.4) is 0 Å². The molecular weight excluding hydrogens is 420 g/mol. The van der Waals surface area contributed by atoms with Gasteiger partial charge in [-0.25, -0.2) is 0 Å². The lowest BCUT2D eigenvalue weighted by molar-refractivity contribution is -0.130. The largest absolute Gasteiger partial charge is 0.493 e. The van der Waals surface area contributed by atoms with Gasteiger partial charge in [0, 0.05) is 25.6 Å². The van der Waals surface area contributed by atoms with Crippen molar-refractivity contribution in [2.24, 2.45) is 11.8 Å². The van der Waals surface area contributed by atoms with Gasteiger partial charge < -0.3 is 24.4 Å². The van der Waals surface area contributed by atoms with Crippen LogP contribution in [-0.4, -0.2) is 57.7 Å². The van der Waals surface area contributed by atoms with Gasteiger partial charge >= 0.3 is 0 Å². The molecule has 0 aliphatic carbocycles. The van der Waals surface area contributed by atoms with Gasteiger partial charge in [-0.2, -0.15) is 0 Å². The Morgan fingerprint density at radius 3 is 2.18 bits per heavy atom. The number of likely N-dealkylation sites (tertiary alicyclic amines) is 1. The fraction of sp³-hybridized carbons (Fsp3) is 0.462. The number of ether oxygens (including phenoxy) is 3. The Morgan fingerprint density at radius 2 is 1.64 bits per heavy atom. The highest BCUT2D eigenvalue weighted by Gasteiger charge is 2.41. The van der Waals surface area contributed by atoms with E-state index in [2.05, 4.69) is 19.2 Å². The molecule has 3 rings (SSSR count).